The van der Waals surface area contributed by atoms with Crippen LogP contribution in [0.25, 0.3) is 12.2 Å². The quantitative estimate of drug-likeness (QED) is 0.0270. The number of phenols is 3. The van der Waals surface area contributed by atoms with Crippen LogP contribution in [0.3, 0.4) is 0 Å². The van der Waals surface area contributed by atoms with Gasteiger partial charge >= 0.3 is 0 Å². The van der Waals surface area contributed by atoms with Crippen LogP contribution in [0.2, 0.25) is 0 Å². The minimum Gasteiger partial charge on any atom is -0.506 e. The minimum absolute atomic E-state index is 0.248. The molecule has 358 valence electrons. The summed E-state index contributed by atoms with van der Waals surface area (Å²) in [5.41, 5.74) is -3.68. The molecule has 6 aromatic rings. The molecular weight excluding hydrogens is 1020 g/mol. The summed E-state index contributed by atoms with van der Waals surface area (Å²) in [7, 11) is -24.6. The summed E-state index contributed by atoms with van der Waals surface area (Å²) >= 11 is 0. The summed E-state index contributed by atoms with van der Waals surface area (Å²) in [4.78, 5) is -3.76. The van der Waals surface area contributed by atoms with Crippen LogP contribution in [0.5, 0.6) is 17.2 Å². The van der Waals surface area contributed by atoms with Crippen molar-refractivity contribution in [2.24, 2.45) is 40.9 Å². The maximum absolute atomic E-state index is 12.5. The van der Waals surface area contributed by atoms with Gasteiger partial charge in [-0.25, -0.2) is 0 Å². The number of aromatic hydroxyl groups is 3. The first-order chi connectivity index (χ1) is 32.1. The van der Waals surface area contributed by atoms with E-state index in [0.717, 1.165) is 103 Å². The summed E-state index contributed by atoms with van der Waals surface area (Å²) in [5, 5.41) is 61.0. The predicted octanol–water partition coefficient (Wildman–Crippen LogP) is 8.87. The van der Waals surface area contributed by atoms with E-state index in [0.29, 0.717) is 0 Å². The molecule has 0 unspecified atom stereocenters. The first kappa shape index (κ1) is 50.8. The normalized spacial score (nSPS) is 13.2. The molecule has 69 heavy (non-hydrogen) atoms. The molecule has 0 saturated carbocycles. The van der Waals surface area contributed by atoms with Crippen molar-refractivity contribution in [3.05, 3.63) is 120 Å². The Kier molecular flexibility index (Phi) is 14.4. The molecular formula is C38H28N8O18S5. The zero-order valence-corrected chi connectivity index (χ0v) is 37.9. The fraction of sp³-hybridized carbons (Fsp3) is 0. The minimum atomic E-state index is -5.08. The molecule has 31 heteroatoms. The van der Waals surface area contributed by atoms with E-state index in [9.17, 15) is 80.2 Å². The molecule has 26 nitrogen and oxygen atoms in total. The Hall–Kier alpha value is -7.59. The van der Waals surface area contributed by atoms with Crippen LogP contribution in [-0.2, 0) is 50.6 Å². The van der Waals surface area contributed by atoms with Gasteiger partial charge in [-0.05, 0) is 96.1 Å². The molecule has 0 aromatic heterocycles. The molecule has 0 atom stereocenters. The molecule has 0 spiro atoms. The lowest BCUT2D eigenvalue weighted by molar-refractivity contribution is 0.453. The maximum atomic E-state index is 12.5. The van der Waals surface area contributed by atoms with Gasteiger partial charge in [0.2, 0.25) is 0 Å². The predicted molar refractivity (Wildman–Crippen MR) is 238 cm³/mol. The zero-order chi connectivity index (χ0) is 50.7. The fourth-order valence-electron chi connectivity index (χ4n) is 5.60. The molecule has 8 N–H and O–H groups in total. The van der Waals surface area contributed by atoms with Gasteiger partial charge in [-0.2, -0.15) is 57.4 Å². The van der Waals surface area contributed by atoms with E-state index in [1.165, 1.54) is 18.2 Å². The van der Waals surface area contributed by atoms with Crippen LogP contribution in [0, 0.1) is 0 Å². The number of hydrogen-bond acceptors (Lipinski definition) is 21. The van der Waals surface area contributed by atoms with Gasteiger partial charge in [-0.3, -0.25) is 22.8 Å². The Morgan fingerprint density at radius 2 is 0.768 bits per heavy atom. The van der Waals surface area contributed by atoms with Gasteiger partial charge in [0.1, 0.15) is 53.8 Å². The van der Waals surface area contributed by atoms with Gasteiger partial charge in [-0.15, -0.1) is 25.6 Å². The second-order valence-corrected chi connectivity index (χ2v) is 20.5. The second-order valence-electron chi connectivity index (χ2n) is 13.5. The molecule has 6 aromatic carbocycles. The van der Waals surface area contributed by atoms with Crippen molar-refractivity contribution in [1.29, 1.82) is 0 Å². The summed E-state index contributed by atoms with van der Waals surface area (Å²) in [6.45, 7) is 0. The number of rotatable bonds is 15. The van der Waals surface area contributed by atoms with Crippen LogP contribution in [0.1, 0.15) is 11.1 Å². The van der Waals surface area contributed by atoms with Gasteiger partial charge in [0.25, 0.3) is 50.6 Å². The van der Waals surface area contributed by atoms with E-state index in [1.807, 2.05) is 0 Å². The highest BCUT2D eigenvalue weighted by Crippen LogP contribution is 2.45. The van der Waals surface area contributed by atoms with Crippen molar-refractivity contribution in [1.82, 2.24) is 0 Å². The highest BCUT2D eigenvalue weighted by atomic mass is 32.2. The average Bonchev–Trinajstić information content (AvgIpc) is 3.26. The summed E-state index contributed by atoms with van der Waals surface area (Å²) in [6.07, 6.45) is 2.06. The van der Waals surface area contributed by atoms with Gasteiger partial charge in [0.05, 0.1) is 22.0 Å². The number of azo groups is 4. The third kappa shape index (κ3) is 12.7. The molecule has 0 fully saturated rings. The Balaban J connectivity index is 1.26. The lowest BCUT2D eigenvalue weighted by Gasteiger charge is -2.07. The van der Waals surface area contributed by atoms with E-state index >= 15 is 0 Å². The molecule has 0 aliphatic rings. The van der Waals surface area contributed by atoms with Gasteiger partial charge in [0, 0.05) is 0 Å². The smallest absolute Gasteiger partial charge is 0.296 e. The molecule has 0 aliphatic carbocycles. The van der Waals surface area contributed by atoms with Crippen molar-refractivity contribution in [3.63, 3.8) is 0 Å². The third-order valence-corrected chi connectivity index (χ3v) is 13.2. The molecule has 0 radical (unpaired) electrons. The molecule has 0 heterocycles. The molecule has 6 rings (SSSR count). The molecule has 0 saturated heterocycles. The number of benzene rings is 6. The van der Waals surface area contributed by atoms with Crippen LogP contribution in [-0.4, -0.2) is 80.2 Å². The SMILES string of the molecule is O=S(=O)(O)c1ccc(O)c(N=Nc2ccc(O)c(N=Nc3ccc(/C=C/c4ccc(N=Nc5ccc(N=Nc6ccccc6S(=O)(=O)O)c(S(=O)(=O)O)c5)cc4S(=O)(=O)O)c(S(=O)(=O)O)c3)c2O)c1. The number of phenolic OH excluding ortho intramolecular Hbond substituents is 3. The van der Waals surface area contributed by atoms with E-state index in [2.05, 4.69) is 40.9 Å². The monoisotopic (exact) mass is 1040 g/mol. The Morgan fingerprint density at radius 3 is 1.29 bits per heavy atom. The zero-order valence-electron chi connectivity index (χ0n) is 33.8. The molecule has 0 bridgehead atoms. The molecule has 0 amide bonds. The van der Waals surface area contributed by atoms with E-state index in [-0.39, 0.29) is 33.9 Å². The van der Waals surface area contributed by atoms with Crippen LogP contribution < -0.4 is 0 Å². The van der Waals surface area contributed by atoms with Crippen molar-refractivity contribution >= 4 is 108 Å². The van der Waals surface area contributed by atoms with Gasteiger partial charge < -0.3 is 15.3 Å². The standard InChI is InChI=1S/C38H28N8O18S5/c47-31-15-12-26(65(50,51)52)20-30(31)45-44-29-14-16-32(48)37(38(29)49)46-41-24-10-8-22(35(18-24)68(59,60)61)6-5-21-7-9-23(17-34(21)67(56,57)58)39-40-25-11-13-28(36(19-25)69(62,63)64)43-42-27-3-1-2-4-33(27)66(53,54)55/h1-20,47-49H,(H,50,51,52)(H,53,54,55)(H,56,57,58)(H,59,60,61)(H,62,63,64)/b6-5+,40-39?,43-42?,45-44?,46-41?. The Labute approximate surface area is 389 Å². The van der Waals surface area contributed by atoms with Gasteiger partial charge in [0.15, 0.2) is 11.4 Å². The largest absolute Gasteiger partial charge is 0.506 e. The Bertz CT molecular complexity index is 3810. The van der Waals surface area contributed by atoms with Crippen molar-refractivity contribution in [2.75, 3.05) is 0 Å². The van der Waals surface area contributed by atoms with Crippen LogP contribution >= 0.6 is 0 Å². The van der Waals surface area contributed by atoms with Crippen LogP contribution in [0.4, 0.5) is 45.5 Å². The highest BCUT2D eigenvalue weighted by Gasteiger charge is 2.21. The summed E-state index contributed by atoms with van der Waals surface area (Å²) in [6, 6.07) is 18.5. The number of nitrogens with zero attached hydrogens (tertiary/aromatic N) is 8. The van der Waals surface area contributed by atoms with Gasteiger partial charge in [-0.1, -0.05) is 36.4 Å². The van der Waals surface area contributed by atoms with E-state index < -0.39 is 115 Å². The van der Waals surface area contributed by atoms with Crippen molar-refractivity contribution in [2.45, 2.75) is 24.5 Å². The van der Waals surface area contributed by atoms with Crippen LogP contribution in [0.15, 0.2) is 175 Å². The Morgan fingerprint density at radius 1 is 0.348 bits per heavy atom. The molecule has 0 aliphatic heterocycles. The third-order valence-electron chi connectivity index (χ3n) is 8.79. The lowest BCUT2D eigenvalue weighted by Crippen LogP contribution is -2.01. The average molecular weight is 1050 g/mol. The van der Waals surface area contributed by atoms with E-state index in [1.54, 1.807) is 0 Å². The topological polar surface area (TPSA) is 431 Å². The fourth-order valence-corrected chi connectivity index (χ4v) is 8.78. The maximum Gasteiger partial charge on any atom is 0.296 e. The first-order valence-electron chi connectivity index (χ1n) is 18.2. The lowest BCUT2D eigenvalue weighted by atomic mass is 10.1. The van der Waals surface area contributed by atoms with Crippen molar-refractivity contribution < 1.29 is 80.2 Å². The second kappa shape index (κ2) is 19.6. The highest BCUT2D eigenvalue weighted by molar-refractivity contribution is 7.87. The first-order valence-corrected chi connectivity index (χ1v) is 25.4. The van der Waals surface area contributed by atoms with E-state index in [4.69, 9.17) is 0 Å². The summed E-state index contributed by atoms with van der Waals surface area (Å²) in [5.74, 6) is -2.09. The number of hydrogen-bond donors (Lipinski definition) is 8. The summed E-state index contributed by atoms with van der Waals surface area (Å²) < 4.78 is 169. The van der Waals surface area contributed by atoms with Crippen molar-refractivity contribution in [3.8, 4) is 17.2 Å².